The Morgan fingerprint density at radius 3 is 2.85 bits per heavy atom. The van der Waals surface area contributed by atoms with Gasteiger partial charge in [0.25, 0.3) is 0 Å². The van der Waals surface area contributed by atoms with Crippen molar-refractivity contribution < 1.29 is 14.3 Å². The zero-order chi connectivity index (χ0) is 22.7. The van der Waals surface area contributed by atoms with E-state index in [-0.39, 0.29) is 17.9 Å². The van der Waals surface area contributed by atoms with E-state index >= 15 is 0 Å². The number of halogens is 1. The fraction of sp³-hybridized carbons (Fsp3) is 0.333. The molecule has 0 unspecified atom stereocenters. The number of hydrogen-bond acceptors (Lipinski definition) is 5. The molecule has 3 saturated carbocycles. The number of aromatic amines is 1. The average Bonchev–Trinajstić information content (AvgIpc) is 3.43. The maximum Gasteiger partial charge on any atom is 0.308 e. The molecule has 0 aromatic carbocycles. The number of carboxylic acids is 1. The van der Waals surface area contributed by atoms with E-state index in [2.05, 4.69) is 27.0 Å². The molecule has 3 aliphatic rings. The minimum absolute atomic E-state index is 0.177. The summed E-state index contributed by atoms with van der Waals surface area (Å²) in [5.74, 6) is -0.252. The first-order valence-corrected chi connectivity index (χ1v) is 11.2. The lowest BCUT2D eigenvalue weighted by Crippen LogP contribution is -2.51. The Kier molecular flexibility index (Phi) is 4.46. The zero-order valence-corrected chi connectivity index (χ0v) is 17.8. The Balaban J connectivity index is 1.50. The van der Waals surface area contributed by atoms with Crippen molar-refractivity contribution >= 4 is 34.4 Å². The van der Waals surface area contributed by atoms with Gasteiger partial charge in [0.15, 0.2) is 11.6 Å². The SMILES string of the molecule is C=Cc1ccn2nc(-c3c[nH]c4ncc(F)cc34)nc(N[C@H]3C4CCC(CC4)[C@@H]3C(=O)O)c12. The topological polar surface area (TPSA) is 108 Å². The molecule has 4 aromatic rings. The van der Waals surface area contributed by atoms with Crippen LogP contribution in [0.3, 0.4) is 0 Å². The molecule has 4 heterocycles. The van der Waals surface area contributed by atoms with Crippen LogP contribution in [0.5, 0.6) is 0 Å². The molecule has 3 fully saturated rings. The number of pyridine rings is 1. The molecule has 2 atom stereocenters. The van der Waals surface area contributed by atoms with Crippen LogP contribution < -0.4 is 5.32 Å². The average molecular weight is 446 g/mol. The summed E-state index contributed by atoms with van der Waals surface area (Å²) in [4.78, 5) is 24.1. The fourth-order valence-electron chi connectivity index (χ4n) is 5.76. The van der Waals surface area contributed by atoms with Gasteiger partial charge in [-0.15, -0.1) is 5.10 Å². The lowest BCUT2D eigenvalue weighted by molar-refractivity contribution is -0.148. The van der Waals surface area contributed by atoms with Crippen LogP contribution in [0.1, 0.15) is 31.2 Å². The Bertz CT molecular complexity index is 1400. The molecule has 2 bridgehead atoms. The zero-order valence-electron chi connectivity index (χ0n) is 17.8. The number of nitrogens with one attached hydrogen (secondary N) is 2. The van der Waals surface area contributed by atoms with E-state index in [0.29, 0.717) is 28.2 Å². The lowest BCUT2D eigenvalue weighted by Gasteiger charge is -2.47. The van der Waals surface area contributed by atoms with Gasteiger partial charge in [0, 0.05) is 34.9 Å². The van der Waals surface area contributed by atoms with E-state index in [4.69, 9.17) is 4.98 Å². The fourth-order valence-corrected chi connectivity index (χ4v) is 5.76. The van der Waals surface area contributed by atoms with Crippen LogP contribution in [0.25, 0.3) is 34.0 Å². The molecule has 0 radical (unpaired) electrons. The molecular formula is C24H23FN6O2. The van der Waals surface area contributed by atoms with Crippen LogP contribution in [0.4, 0.5) is 10.2 Å². The maximum atomic E-state index is 13.9. The molecule has 4 aromatic heterocycles. The van der Waals surface area contributed by atoms with E-state index in [1.807, 2.05) is 12.3 Å². The van der Waals surface area contributed by atoms with Gasteiger partial charge in [0.2, 0.25) is 0 Å². The van der Waals surface area contributed by atoms with E-state index in [9.17, 15) is 14.3 Å². The summed E-state index contributed by atoms with van der Waals surface area (Å²) in [5.41, 5.74) is 2.75. The number of fused-ring (bicyclic) bond motifs is 5. The van der Waals surface area contributed by atoms with Gasteiger partial charge in [0.05, 0.1) is 12.1 Å². The monoisotopic (exact) mass is 446 g/mol. The highest BCUT2D eigenvalue weighted by Crippen LogP contribution is 2.46. The minimum Gasteiger partial charge on any atom is -0.481 e. The summed E-state index contributed by atoms with van der Waals surface area (Å²) in [6, 6.07) is 3.08. The number of anilines is 1. The van der Waals surface area contributed by atoms with Crippen molar-refractivity contribution in [3.63, 3.8) is 0 Å². The van der Waals surface area contributed by atoms with E-state index in [1.165, 1.54) is 6.07 Å². The number of rotatable bonds is 5. The molecule has 0 saturated heterocycles. The predicted molar refractivity (Wildman–Crippen MR) is 122 cm³/mol. The molecule has 3 aliphatic carbocycles. The second-order valence-electron chi connectivity index (χ2n) is 9.01. The van der Waals surface area contributed by atoms with Crippen LogP contribution in [0, 0.1) is 23.6 Å². The summed E-state index contributed by atoms with van der Waals surface area (Å²) in [6.07, 6.45) is 10.4. The number of H-pyrrole nitrogens is 1. The maximum absolute atomic E-state index is 13.9. The highest BCUT2D eigenvalue weighted by atomic mass is 19.1. The molecule has 33 heavy (non-hydrogen) atoms. The van der Waals surface area contributed by atoms with Gasteiger partial charge in [-0.2, -0.15) is 0 Å². The largest absolute Gasteiger partial charge is 0.481 e. The molecule has 8 nitrogen and oxygen atoms in total. The summed E-state index contributed by atoms with van der Waals surface area (Å²) < 4.78 is 15.6. The first-order valence-electron chi connectivity index (χ1n) is 11.2. The van der Waals surface area contributed by atoms with Crippen molar-refractivity contribution in [1.29, 1.82) is 0 Å². The molecule has 168 valence electrons. The van der Waals surface area contributed by atoms with Gasteiger partial charge in [-0.05, 0) is 49.7 Å². The summed E-state index contributed by atoms with van der Waals surface area (Å²) >= 11 is 0. The summed E-state index contributed by atoms with van der Waals surface area (Å²) in [7, 11) is 0. The third-order valence-corrected chi connectivity index (χ3v) is 7.31. The van der Waals surface area contributed by atoms with Crippen LogP contribution in [0.2, 0.25) is 0 Å². The number of carboxylic acid groups (broad SMARTS) is 1. The number of aliphatic carboxylic acids is 1. The predicted octanol–water partition coefficient (Wildman–Crippen LogP) is 4.36. The Morgan fingerprint density at radius 1 is 1.30 bits per heavy atom. The molecule has 3 N–H and O–H groups in total. The van der Waals surface area contributed by atoms with E-state index < -0.39 is 17.7 Å². The molecule has 7 rings (SSSR count). The molecular weight excluding hydrogens is 423 g/mol. The van der Waals surface area contributed by atoms with Gasteiger partial charge in [0.1, 0.15) is 17.0 Å². The van der Waals surface area contributed by atoms with Gasteiger partial charge >= 0.3 is 5.97 Å². The van der Waals surface area contributed by atoms with Crippen LogP contribution >= 0.6 is 0 Å². The summed E-state index contributed by atoms with van der Waals surface area (Å²) in [5, 5.41) is 18.7. The van der Waals surface area contributed by atoms with E-state index in [1.54, 1.807) is 16.8 Å². The Hall–Kier alpha value is -3.75. The number of carbonyl (C=O) groups is 1. The van der Waals surface area contributed by atoms with Crippen LogP contribution in [0.15, 0.2) is 37.3 Å². The quantitative estimate of drug-likeness (QED) is 0.421. The number of hydrogen-bond donors (Lipinski definition) is 3. The Morgan fingerprint density at radius 2 is 2.09 bits per heavy atom. The van der Waals surface area contributed by atoms with Crippen molar-refractivity contribution in [3.8, 4) is 11.4 Å². The van der Waals surface area contributed by atoms with E-state index in [0.717, 1.165) is 43.0 Å². The first kappa shape index (κ1) is 19.9. The van der Waals surface area contributed by atoms with Gasteiger partial charge in [-0.3, -0.25) is 4.79 Å². The third kappa shape index (κ3) is 3.10. The normalized spacial score (nSPS) is 24.4. The summed E-state index contributed by atoms with van der Waals surface area (Å²) in [6.45, 7) is 3.90. The lowest BCUT2D eigenvalue weighted by atomic mass is 9.61. The highest BCUT2D eigenvalue weighted by molar-refractivity contribution is 5.92. The standard InChI is InChI=1S/C24H23FN6O2/c1-2-12-7-8-31-20(12)23(28-19-14-5-3-13(4-6-14)18(19)24(32)33)29-22(30-31)17-11-27-21-16(17)9-15(25)10-26-21/h2,7-11,13-14,18-19H,1,3-6H2,(H,26,27)(H,32,33)(H,28,29,30)/t13?,14?,18-,19-/m0/s1. The van der Waals surface area contributed by atoms with Crippen molar-refractivity contribution in [2.24, 2.45) is 17.8 Å². The number of nitrogens with zero attached hydrogens (tertiary/aromatic N) is 4. The van der Waals surface area contributed by atoms with Gasteiger partial charge in [-0.1, -0.05) is 12.7 Å². The van der Waals surface area contributed by atoms with Gasteiger partial charge in [-0.25, -0.2) is 18.9 Å². The van der Waals surface area contributed by atoms with Crippen LogP contribution in [-0.2, 0) is 4.79 Å². The van der Waals surface area contributed by atoms with Gasteiger partial charge < -0.3 is 15.4 Å². The smallest absolute Gasteiger partial charge is 0.308 e. The van der Waals surface area contributed by atoms with Crippen molar-refractivity contribution in [1.82, 2.24) is 24.6 Å². The highest BCUT2D eigenvalue weighted by Gasteiger charge is 2.47. The second kappa shape index (κ2) is 7.40. The molecule has 0 spiro atoms. The third-order valence-electron chi connectivity index (χ3n) is 7.31. The molecule has 9 heteroatoms. The van der Waals surface area contributed by atoms with Crippen molar-refractivity contribution in [2.75, 3.05) is 5.32 Å². The van der Waals surface area contributed by atoms with Crippen molar-refractivity contribution in [3.05, 3.63) is 48.7 Å². The first-order chi connectivity index (χ1) is 16.0. The number of aromatic nitrogens is 5. The molecule has 0 amide bonds. The molecule has 0 aliphatic heterocycles. The van der Waals surface area contributed by atoms with Crippen molar-refractivity contribution in [2.45, 2.75) is 31.7 Å². The second-order valence-corrected chi connectivity index (χ2v) is 9.01. The minimum atomic E-state index is -0.760. The van der Waals surface area contributed by atoms with Crippen LogP contribution in [-0.4, -0.2) is 41.7 Å². The Labute approximate surface area is 188 Å².